The van der Waals surface area contributed by atoms with Gasteiger partial charge in [-0.3, -0.25) is 5.10 Å². The minimum absolute atomic E-state index is 0.0319. The molecule has 1 aromatic carbocycles. The number of nitrogens with zero attached hydrogens (tertiary/aromatic N) is 2. The lowest BCUT2D eigenvalue weighted by Crippen LogP contribution is -1.98. The highest BCUT2D eigenvalue weighted by Gasteiger charge is 2.10. The van der Waals surface area contributed by atoms with Gasteiger partial charge in [0.25, 0.3) is 0 Å². The molecule has 0 radical (unpaired) electrons. The van der Waals surface area contributed by atoms with Gasteiger partial charge in [-0.15, -0.1) is 5.10 Å². The number of hydrogen-bond acceptors (Lipinski definition) is 3. The normalized spacial score (nSPS) is 10.4. The molecule has 0 amide bonds. The number of benzene rings is 1. The van der Waals surface area contributed by atoms with Gasteiger partial charge in [0.15, 0.2) is 0 Å². The number of carboxylic acid groups (broad SMARTS) is 1. The lowest BCUT2D eigenvalue weighted by Gasteiger charge is -2.09. The Hall–Kier alpha value is -1.44. The van der Waals surface area contributed by atoms with E-state index in [1.54, 1.807) is 0 Å². The molecular formula is C15H20IN3O2. The maximum absolute atomic E-state index is 10.2. The van der Waals surface area contributed by atoms with Crippen LogP contribution in [0.4, 0.5) is 0 Å². The lowest BCUT2D eigenvalue weighted by atomic mass is 9.96. The molecule has 114 valence electrons. The summed E-state index contributed by atoms with van der Waals surface area (Å²) >= 11 is 1.81. The van der Waals surface area contributed by atoms with Crippen molar-refractivity contribution in [3.63, 3.8) is 0 Å². The first-order valence-electron chi connectivity index (χ1n) is 6.72. The van der Waals surface area contributed by atoms with Crippen molar-refractivity contribution in [2.75, 3.05) is 0 Å². The SMILES string of the molecule is CC(C)c1cccc(C(C)C)c1.O=C(O)c1nn[nH]c1I. The quantitative estimate of drug-likeness (QED) is 0.761. The van der Waals surface area contributed by atoms with Crippen LogP contribution >= 0.6 is 22.6 Å². The molecule has 2 aromatic rings. The average Bonchev–Trinajstić information content (AvgIpc) is 2.86. The van der Waals surface area contributed by atoms with Crippen molar-refractivity contribution in [3.8, 4) is 0 Å². The summed E-state index contributed by atoms with van der Waals surface area (Å²) in [7, 11) is 0. The van der Waals surface area contributed by atoms with Gasteiger partial charge in [0.05, 0.1) is 0 Å². The molecule has 0 aliphatic heterocycles. The molecule has 5 nitrogen and oxygen atoms in total. The molecular weight excluding hydrogens is 381 g/mol. The third-order valence-electron chi connectivity index (χ3n) is 2.95. The molecule has 0 unspecified atom stereocenters. The Kier molecular flexibility index (Phi) is 6.80. The van der Waals surface area contributed by atoms with Crippen molar-refractivity contribution >= 4 is 28.6 Å². The smallest absolute Gasteiger partial charge is 0.359 e. The van der Waals surface area contributed by atoms with Crippen LogP contribution in [-0.4, -0.2) is 26.5 Å². The molecule has 0 atom stereocenters. The molecule has 0 saturated heterocycles. The van der Waals surface area contributed by atoms with E-state index in [4.69, 9.17) is 5.11 Å². The van der Waals surface area contributed by atoms with Crippen LogP contribution in [0.2, 0.25) is 0 Å². The third-order valence-corrected chi connectivity index (χ3v) is 3.70. The van der Waals surface area contributed by atoms with Crippen LogP contribution < -0.4 is 0 Å². The summed E-state index contributed by atoms with van der Waals surface area (Å²) in [6.45, 7) is 8.94. The summed E-state index contributed by atoms with van der Waals surface area (Å²) in [6, 6.07) is 8.88. The molecule has 21 heavy (non-hydrogen) atoms. The summed E-state index contributed by atoms with van der Waals surface area (Å²) in [5.74, 6) is 0.223. The van der Waals surface area contributed by atoms with Crippen molar-refractivity contribution in [2.24, 2.45) is 0 Å². The number of aromatic carboxylic acids is 1. The first-order chi connectivity index (χ1) is 9.82. The second kappa shape index (κ2) is 8.11. The van der Waals surface area contributed by atoms with Crippen LogP contribution in [0.5, 0.6) is 0 Å². The molecule has 0 fully saturated rings. The molecule has 0 aliphatic rings. The highest BCUT2D eigenvalue weighted by molar-refractivity contribution is 14.1. The number of aromatic nitrogens is 3. The van der Waals surface area contributed by atoms with Crippen molar-refractivity contribution in [1.29, 1.82) is 0 Å². The highest BCUT2D eigenvalue weighted by Crippen LogP contribution is 2.20. The Morgan fingerprint density at radius 3 is 2.00 bits per heavy atom. The number of H-pyrrole nitrogens is 1. The predicted molar refractivity (Wildman–Crippen MR) is 90.7 cm³/mol. The molecule has 2 N–H and O–H groups in total. The standard InChI is InChI=1S/C12H18.C3H2IN3O2/c1-9(2)11-6-5-7-12(8-11)10(3)4;4-2-1(3(8)9)5-7-6-2/h5-10H,1-4H3;(H,8,9)(H,5,6,7). The summed E-state index contributed by atoms with van der Waals surface area (Å²) in [4.78, 5) is 10.2. The zero-order valence-electron chi connectivity index (χ0n) is 12.6. The molecule has 0 aliphatic carbocycles. The fourth-order valence-electron chi connectivity index (χ4n) is 1.63. The van der Waals surface area contributed by atoms with E-state index in [-0.39, 0.29) is 5.69 Å². The minimum Gasteiger partial charge on any atom is -0.476 e. The number of rotatable bonds is 3. The number of hydrogen-bond donors (Lipinski definition) is 2. The second-order valence-corrected chi connectivity index (χ2v) is 6.34. The van der Waals surface area contributed by atoms with Crippen LogP contribution in [0.1, 0.15) is 61.1 Å². The summed E-state index contributed by atoms with van der Waals surface area (Å²) in [5, 5.41) is 17.3. The number of aromatic amines is 1. The minimum atomic E-state index is -1.06. The fourth-order valence-corrected chi connectivity index (χ4v) is 2.08. The van der Waals surface area contributed by atoms with Crippen molar-refractivity contribution in [3.05, 3.63) is 44.8 Å². The molecule has 6 heteroatoms. The number of halogens is 1. The van der Waals surface area contributed by atoms with Crippen molar-refractivity contribution in [2.45, 2.75) is 39.5 Å². The largest absolute Gasteiger partial charge is 0.476 e. The van der Waals surface area contributed by atoms with E-state index in [1.165, 1.54) is 11.1 Å². The van der Waals surface area contributed by atoms with Crippen LogP contribution in [0.3, 0.4) is 0 Å². The van der Waals surface area contributed by atoms with Gasteiger partial charge >= 0.3 is 5.97 Å². The molecule has 0 saturated carbocycles. The molecule has 2 rings (SSSR count). The van der Waals surface area contributed by atoms with Gasteiger partial charge in [0.2, 0.25) is 5.69 Å². The second-order valence-electron chi connectivity index (χ2n) is 5.26. The number of carboxylic acids is 1. The van der Waals surface area contributed by atoms with Gasteiger partial charge in [0.1, 0.15) is 3.70 Å². The van der Waals surface area contributed by atoms with Crippen LogP contribution in [0.15, 0.2) is 24.3 Å². The Balaban J connectivity index is 0.000000219. The van der Waals surface area contributed by atoms with Crippen LogP contribution in [-0.2, 0) is 0 Å². The van der Waals surface area contributed by atoms with Gasteiger partial charge < -0.3 is 5.11 Å². The molecule has 1 heterocycles. The van der Waals surface area contributed by atoms with Gasteiger partial charge in [-0.05, 0) is 45.6 Å². The van der Waals surface area contributed by atoms with Crippen molar-refractivity contribution < 1.29 is 9.90 Å². The highest BCUT2D eigenvalue weighted by atomic mass is 127. The van der Waals surface area contributed by atoms with E-state index in [2.05, 4.69) is 67.4 Å². The summed E-state index contributed by atoms with van der Waals surface area (Å²) in [5.41, 5.74) is 2.86. The van der Waals surface area contributed by atoms with Crippen LogP contribution in [0, 0.1) is 3.70 Å². The Morgan fingerprint density at radius 1 is 1.19 bits per heavy atom. The van der Waals surface area contributed by atoms with E-state index in [1.807, 2.05) is 22.6 Å². The molecule has 1 aromatic heterocycles. The van der Waals surface area contributed by atoms with Gasteiger partial charge in [-0.1, -0.05) is 57.2 Å². The zero-order chi connectivity index (χ0) is 16.0. The van der Waals surface area contributed by atoms with E-state index in [0.717, 1.165) is 0 Å². The number of carbonyl (C=O) groups is 1. The molecule has 0 bridgehead atoms. The summed E-state index contributed by atoms with van der Waals surface area (Å²) in [6.07, 6.45) is 0. The topological polar surface area (TPSA) is 78.9 Å². The van der Waals surface area contributed by atoms with Crippen LogP contribution in [0.25, 0.3) is 0 Å². The number of nitrogens with one attached hydrogen (secondary N) is 1. The van der Waals surface area contributed by atoms with Gasteiger partial charge in [0, 0.05) is 0 Å². The molecule has 0 spiro atoms. The Bertz CT molecular complexity index is 571. The summed E-state index contributed by atoms with van der Waals surface area (Å²) < 4.78 is 0.445. The lowest BCUT2D eigenvalue weighted by molar-refractivity contribution is 0.0689. The maximum Gasteiger partial charge on any atom is 0.359 e. The van der Waals surface area contributed by atoms with Gasteiger partial charge in [-0.2, -0.15) is 0 Å². The maximum atomic E-state index is 10.2. The van der Waals surface area contributed by atoms with E-state index < -0.39 is 5.97 Å². The monoisotopic (exact) mass is 401 g/mol. The van der Waals surface area contributed by atoms with E-state index >= 15 is 0 Å². The fraction of sp³-hybridized carbons (Fsp3) is 0.400. The zero-order valence-corrected chi connectivity index (χ0v) is 14.7. The first-order valence-corrected chi connectivity index (χ1v) is 7.80. The predicted octanol–water partition coefficient (Wildman–Crippen LogP) is 4.04. The third kappa shape index (κ3) is 5.45. The van der Waals surface area contributed by atoms with E-state index in [9.17, 15) is 4.79 Å². The average molecular weight is 401 g/mol. The Labute approximate surface area is 138 Å². The van der Waals surface area contributed by atoms with Crippen molar-refractivity contribution in [1.82, 2.24) is 15.4 Å². The first kappa shape index (κ1) is 17.6. The van der Waals surface area contributed by atoms with Gasteiger partial charge in [-0.25, -0.2) is 4.79 Å². The van der Waals surface area contributed by atoms with E-state index in [0.29, 0.717) is 15.5 Å². The Morgan fingerprint density at radius 2 is 1.71 bits per heavy atom.